The summed E-state index contributed by atoms with van der Waals surface area (Å²) in [6.45, 7) is 2.30. The zero-order chi connectivity index (χ0) is 16.0. The summed E-state index contributed by atoms with van der Waals surface area (Å²) < 4.78 is 34.7. The summed E-state index contributed by atoms with van der Waals surface area (Å²) in [7, 11) is -2.10. The number of hydrogen-bond donors (Lipinski definition) is 0. The number of nitrogens with zero attached hydrogens (tertiary/aromatic N) is 2. The molecule has 0 amide bonds. The predicted molar refractivity (Wildman–Crippen MR) is 78.3 cm³/mol. The van der Waals surface area contributed by atoms with Crippen molar-refractivity contribution in [1.29, 1.82) is 0 Å². The zero-order valence-corrected chi connectivity index (χ0v) is 12.9. The molecule has 0 unspecified atom stereocenters. The van der Waals surface area contributed by atoms with Crippen LogP contribution in [0.1, 0.15) is 6.92 Å². The van der Waals surface area contributed by atoms with E-state index in [-0.39, 0.29) is 24.5 Å². The molecule has 0 atom stereocenters. The highest BCUT2D eigenvalue weighted by molar-refractivity contribution is 7.92. The Morgan fingerprint density at radius 2 is 2.00 bits per heavy atom. The van der Waals surface area contributed by atoms with Crippen molar-refractivity contribution >= 4 is 21.4 Å². The molecule has 0 fully saturated rings. The quantitative estimate of drug-likeness (QED) is 0.408. The lowest BCUT2D eigenvalue weighted by Crippen LogP contribution is -2.30. The fourth-order valence-corrected chi connectivity index (χ4v) is 2.75. The lowest BCUT2D eigenvalue weighted by Gasteiger charge is -2.20. The molecule has 0 saturated carbocycles. The Kier molecular flexibility index (Phi) is 5.91. The fourth-order valence-electron chi connectivity index (χ4n) is 1.77. The Bertz CT molecular complexity index is 602. The second-order valence-corrected chi connectivity index (χ2v) is 6.08. The van der Waals surface area contributed by atoms with Gasteiger partial charge in [0.1, 0.15) is 18.0 Å². The van der Waals surface area contributed by atoms with Crippen molar-refractivity contribution in [3.8, 4) is 5.75 Å². The Hall–Kier alpha value is -1.87. The molecule has 8 nitrogen and oxygen atoms in total. The molecule has 1 rings (SSSR count). The van der Waals surface area contributed by atoms with Crippen molar-refractivity contribution < 1.29 is 22.8 Å². The Labute approximate surface area is 123 Å². The molecule has 0 radical (unpaired) electrons. The third kappa shape index (κ3) is 4.57. The summed E-state index contributed by atoms with van der Waals surface area (Å²) in [5.41, 5.74) is -0.304. The topological polar surface area (TPSA) is 99.0 Å². The minimum Gasteiger partial charge on any atom is -0.491 e. The van der Waals surface area contributed by atoms with E-state index in [2.05, 4.69) is 0 Å². The van der Waals surface area contributed by atoms with Crippen molar-refractivity contribution in [3.63, 3.8) is 0 Å². The Balaban J connectivity index is 3.24. The summed E-state index contributed by atoms with van der Waals surface area (Å²) in [6.07, 6.45) is 0.999. The van der Waals surface area contributed by atoms with Crippen molar-refractivity contribution in [3.05, 3.63) is 28.3 Å². The maximum absolute atomic E-state index is 11.8. The SMILES string of the molecule is CCN(c1cc(OCCOC)ccc1[N+](=O)[O-])S(C)(=O)=O. The number of anilines is 1. The predicted octanol–water partition coefficient (Wildman–Crippen LogP) is 1.41. The molecule has 21 heavy (non-hydrogen) atoms. The van der Waals surface area contributed by atoms with Crippen LogP contribution in [0.5, 0.6) is 5.75 Å². The van der Waals surface area contributed by atoms with E-state index in [1.165, 1.54) is 25.3 Å². The second-order valence-electron chi connectivity index (χ2n) is 4.18. The van der Waals surface area contributed by atoms with Gasteiger partial charge < -0.3 is 9.47 Å². The minimum absolute atomic E-state index is 0.0140. The van der Waals surface area contributed by atoms with Gasteiger partial charge in [-0.3, -0.25) is 14.4 Å². The average Bonchev–Trinajstić information content (AvgIpc) is 2.38. The molecule has 1 aromatic rings. The van der Waals surface area contributed by atoms with Gasteiger partial charge in [0.05, 0.1) is 17.8 Å². The normalized spacial score (nSPS) is 11.2. The lowest BCUT2D eigenvalue weighted by atomic mass is 10.2. The highest BCUT2D eigenvalue weighted by Crippen LogP contribution is 2.33. The summed E-state index contributed by atoms with van der Waals surface area (Å²) in [5, 5.41) is 11.1. The van der Waals surface area contributed by atoms with Gasteiger partial charge in [-0.2, -0.15) is 0 Å². The number of sulfonamides is 1. The summed E-state index contributed by atoms with van der Waals surface area (Å²) >= 11 is 0. The maximum atomic E-state index is 11.8. The van der Waals surface area contributed by atoms with Gasteiger partial charge in [-0.05, 0) is 13.0 Å². The zero-order valence-electron chi connectivity index (χ0n) is 12.1. The fraction of sp³-hybridized carbons (Fsp3) is 0.500. The van der Waals surface area contributed by atoms with Gasteiger partial charge >= 0.3 is 0 Å². The van der Waals surface area contributed by atoms with Crippen LogP contribution in [0.25, 0.3) is 0 Å². The van der Waals surface area contributed by atoms with Crippen molar-refractivity contribution in [1.82, 2.24) is 0 Å². The van der Waals surface area contributed by atoms with Gasteiger partial charge in [-0.1, -0.05) is 0 Å². The van der Waals surface area contributed by atoms with Crippen LogP contribution in [0.3, 0.4) is 0 Å². The van der Waals surface area contributed by atoms with Crippen LogP contribution < -0.4 is 9.04 Å². The third-order valence-corrected chi connectivity index (χ3v) is 3.91. The molecule has 0 saturated heterocycles. The van der Waals surface area contributed by atoms with E-state index >= 15 is 0 Å². The average molecular weight is 318 g/mol. The van der Waals surface area contributed by atoms with Gasteiger partial charge in [-0.15, -0.1) is 0 Å². The molecule has 1 aromatic carbocycles. The van der Waals surface area contributed by atoms with Gasteiger partial charge in [0, 0.05) is 25.8 Å². The van der Waals surface area contributed by atoms with Gasteiger partial charge in [0.2, 0.25) is 10.0 Å². The van der Waals surface area contributed by atoms with Crippen LogP contribution in [0.4, 0.5) is 11.4 Å². The first-order chi connectivity index (χ1) is 9.81. The van der Waals surface area contributed by atoms with E-state index in [1.54, 1.807) is 6.92 Å². The molecule has 0 bridgehead atoms. The number of methoxy groups -OCH3 is 1. The summed E-state index contributed by atoms with van der Waals surface area (Å²) in [5.74, 6) is 0.342. The lowest BCUT2D eigenvalue weighted by molar-refractivity contribution is -0.384. The van der Waals surface area contributed by atoms with Crippen molar-refractivity contribution in [2.45, 2.75) is 6.92 Å². The highest BCUT2D eigenvalue weighted by Gasteiger charge is 2.25. The van der Waals surface area contributed by atoms with Gasteiger partial charge in [0.25, 0.3) is 5.69 Å². The first-order valence-electron chi connectivity index (χ1n) is 6.19. The molecule has 0 aliphatic heterocycles. The van der Waals surface area contributed by atoms with E-state index in [4.69, 9.17) is 9.47 Å². The number of benzene rings is 1. The van der Waals surface area contributed by atoms with Gasteiger partial charge in [-0.25, -0.2) is 8.42 Å². The molecule has 0 heterocycles. The van der Waals surface area contributed by atoms with Crippen LogP contribution >= 0.6 is 0 Å². The Morgan fingerprint density at radius 1 is 1.33 bits per heavy atom. The van der Waals surface area contributed by atoms with Crippen LogP contribution in [0.15, 0.2) is 18.2 Å². The smallest absolute Gasteiger partial charge is 0.293 e. The van der Waals surface area contributed by atoms with Crippen LogP contribution in [0, 0.1) is 10.1 Å². The van der Waals surface area contributed by atoms with E-state index in [9.17, 15) is 18.5 Å². The summed E-state index contributed by atoms with van der Waals surface area (Å²) in [4.78, 5) is 10.4. The Morgan fingerprint density at radius 3 is 2.48 bits per heavy atom. The highest BCUT2D eigenvalue weighted by atomic mass is 32.2. The summed E-state index contributed by atoms with van der Waals surface area (Å²) in [6, 6.07) is 4.00. The number of ether oxygens (including phenoxy) is 2. The standard InChI is InChI=1S/C12H18N2O6S/c1-4-13(21(3,17)18)12-9-10(20-8-7-19-2)5-6-11(12)14(15)16/h5-6,9H,4,7-8H2,1-3H3. The molecule has 0 aromatic heterocycles. The molecule has 0 aliphatic carbocycles. The first-order valence-corrected chi connectivity index (χ1v) is 8.04. The van der Waals surface area contributed by atoms with Crippen LogP contribution in [-0.4, -0.2) is 46.5 Å². The number of hydrogen-bond acceptors (Lipinski definition) is 6. The van der Waals surface area contributed by atoms with Crippen molar-refractivity contribution in [2.75, 3.05) is 37.4 Å². The van der Waals surface area contributed by atoms with E-state index in [0.717, 1.165) is 10.6 Å². The molecule has 9 heteroatoms. The molecule has 0 N–H and O–H groups in total. The van der Waals surface area contributed by atoms with Crippen LogP contribution in [-0.2, 0) is 14.8 Å². The van der Waals surface area contributed by atoms with E-state index < -0.39 is 14.9 Å². The maximum Gasteiger partial charge on any atom is 0.293 e. The molecule has 0 aliphatic rings. The van der Waals surface area contributed by atoms with Crippen LogP contribution in [0.2, 0.25) is 0 Å². The molecule has 118 valence electrons. The number of rotatable bonds is 8. The number of nitro groups is 1. The monoisotopic (exact) mass is 318 g/mol. The van der Waals surface area contributed by atoms with Crippen molar-refractivity contribution in [2.24, 2.45) is 0 Å². The van der Waals surface area contributed by atoms with Gasteiger partial charge in [0.15, 0.2) is 0 Å². The number of nitro benzene ring substituents is 1. The van der Waals surface area contributed by atoms with E-state index in [1.807, 2.05) is 0 Å². The minimum atomic E-state index is -3.62. The van der Waals surface area contributed by atoms with E-state index in [0.29, 0.717) is 12.4 Å². The first kappa shape index (κ1) is 17.2. The second kappa shape index (κ2) is 7.23. The molecular formula is C12H18N2O6S. The molecular weight excluding hydrogens is 300 g/mol. The largest absolute Gasteiger partial charge is 0.491 e. The third-order valence-electron chi connectivity index (χ3n) is 2.66. The molecule has 0 spiro atoms.